The van der Waals surface area contributed by atoms with E-state index in [1.54, 1.807) is 13.0 Å². The predicted molar refractivity (Wildman–Crippen MR) is 107 cm³/mol. The zero-order chi connectivity index (χ0) is 22.3. The van der Waals surface area contributed by atoms with Crippen molar-refractivity contribution in [3.8, 4) is 0 Å². The van der Waals surface area contributed by atoms with E-state index in [0.717, 1.165) is 24.3 Å². The predicted octanol–water partition coefficient (Wildman–Crippen LogP) is 3.44. The SMILES string of the molecule is CCOC(=O)/C=C/c1ccc(NC(=O)c2cccc(N=C(N)N)c2)cc1C(F)(F)F. The van der Waals surface area contributed by atoms with Crippen molar-refractivity contribution in [2.24, 2.45) is 16.5 Å². The standard InChI is InChI=1S/C20H19F3N4O3/c1-2-30-17(28)9-7-12-6-8-15(11-16(12)20(21,22)23)26-18(29)13-4-3-5-14(10-13)27-19(24)25/h3-11H,2H2,1H3,(H,26,29)(H4,24,25,27)/b9-7+. The van der Waals surface area contributed by atoms with Gasteiger partial charge in [0, 0.05) is 17.3 Å². The molecule has 5 N–H and O–H groups in total. The number of alkyl halides is 3. The summed E-state index contributed by atoms with van der Waals surface area (Å²) in [5, 5.41) is 2.40. The summed E-state index contributed by atoms with van der Waals surface area (Å²) in [6, 6.07) is 9.15. The Hall–Kier alpha value is -3.82. The number of anilines is 1. The Morgan fingerprint density at radius 3 is 2.53 bits per heavy atom. The van der Waals surface area contributed by atoms with Crippen LogP contribution < -0.4 is 16.8 Å². The molecule has 0 fully saturated rings. The summed E-state index contributed by atoms with van der Waals surface area (Å²) in [6.45, 7) is 1.68. The minimum atomic E-state index is -4.71. The van der Waals surface area contributed by atoms with Crippen molar-refractivity contribution in [1.82, 2.24) is 0 Å². The fourth-order valence-corrected chi connectivity index (χ4v) is 2.44. The van der Waals surface area contributed by atoms with E-state index < -0.39 is 23.6 Å². The molecule has 2 aromatic rings. The van der Waals surface area contributed by atoms with E-state index in [1.165, 1.54) is 24.3 Å². The van der Waals surface area contributed by atoms with Gasteiger partial charge in [0.2, 0.25) is 0 Å². The molecule has 1 amide bonds. The van der Waals surface area contributed by atoms with Crippen LogP contribution >= 0.6 is 0 Å². The van der Waals surface area contributed by atoms with Crippen LogP contribution in [-0.4, -0.2) is 24.4 Å². The number of ether oxygens (including phenoxy) is 1. The lowest BCUT2D eigenvalue weighted by Gasteiger charge is -2.13. The maximum absolute atomic E-state index is 13.4. The summed E-state index contributed by atoms with van der Waals surface area (Å²) in [4.78, 5) is 27.6. The Bertz CT molecular complexity index is 997. The Labute approximate surface area is 170 Å². The van der Waals surface area contributed by atoms with Crippen molar-refractivity contribution in [3.63, 3.8) is 0 Å². The lowest BCUT2D eigenvalue weighted by molar-refractivity contribution is -0.138. The fraction of sp³-hybridized carbons (Fsp3) is 0.150. The van der Waals surface area contributed by atoms with Crippen LogP contribution in [0.3, 0.4) is 0 Å². The summed E-state index contributed by atoms with van der Waals surface area (Å²) >= 11 is 0. The van der Waals surface area contributed by atoms with Crippen LogP contribution in [0.4, 0.5) is 24.5 Å². The molecule has 0 aromatic heterocycles. The number of carbonyl (C=O) groups excluding carboxylic acids is 2. The lowest BCUT2D eigenvalue weighted by Crippen LogP contribution is -2.22. The third-order valence-corrected chi connectivity index (χ3v) is 3.67. The highest BCUT2D eigenvalue weighted by atomic mass is 19.4. The number of nitrogens with zero attached hydrogens (tertiary/aromatic N) is 1. The largest absolute Gasteiger partial charge is 0.463 e. The number of aliphatic imine (C=N–C) groups is 1. The van der Waals surface area contributed by atoms with Gasteiger partial charge >= 0.3 is 12.1 Å². The summed E-state index contributed by atoms with van der Waals surface area (Å²) in [5.41, 5.74) is 9.71. The van der Waals surface area contributed by atoms with Gasteiger partial charge in [-0.05, 0) is 48.9 Å². The third-order valence-electron chi connectivity index (χ3n) is 3.67. The number of esters is 1. The molecule has 0 saturated carbocycles. The highest BCUT2D eigenvalue weighted by molar-refractivity contribution is 6.05. The maximum Gasteiger partial charge on any atom is 0.417 e. The lowest BCUT2D eigenvalue weighted by atomic mass is 10.0. The van der Waals surface area contributed by atoms with Crippen LogP contribution in [-0.2, 0) is 15.7 Å². The first kappa shape index (κ1) is 22.5. The van der Waals surface area contributed by atoms with Gasteiger partial charge in [0.05, 0.1) is 17.9 Å². The smallest absolute Gasteiger partial charge is 0.417 e. The Morgan fingerprint density at radius 1 is 1.17 bits per heavy atom. The number of hydrogen-bond donors (Lipinski definition) is 3. The van der Waals surface area contributed by atoms with Gasteiger partial charge < -0.3 is 21.5 Å². The van der Waals surface area contributed by atoms with E-state index >= 15 is 0 Å². The van der Waals surface area contributed by atoms with Crippen molar-refractivity contribution >= 4 is 35.3 Å². The van der Waals surface area contributed by atoms with E-state index in [4.69, 9.17) is 11.5 Å². The molecule has 7 nitrogen and oxygen atoms in total. The van der Waals surface area contributed by atoms with Crippen molar-refractivity contribution in [2.45, 2.75) is 13.1 Å². The van der Waals surface area contributed by atoms with Crippen LogP contribution in [0, 0.1) is 0 Å². The first-order chi connectivity index (χ1) is 14.1. The molecule has 0 aliphatic heterocycles. The molecule has 0 heterocycles. The zero-order valence-corrected chi connectivity index (χ0v) is 15.9. The number of carbonyl (C=O) groups is 2. The molecular weight excluding hydrogens is 401 g/mol. The van der Waals surface area contributed by atoms with Crippen LogP contribution in [0.15, 0.2) is 53.5 Å². The number of halogens is 3. The van der Waals surface area contributed by atoms with Crippen molar-refractivity contribution in [3.05, 3.63) is 65.2 Å². The number of benzene rings is 2. The molecule has 30 heavy (non-hydrogen) atoms. The molecule has 0 radical (unpaired) electrons. The normalized spacial score (nSPS) is 11.2. The zero-order valence-electron chi connectivity index (χ0n) is 15.9. The van der Waals surface area contributed by atoms with E-state index in [9.17, 15) is 22.8 Å². The van der Waals surface area contributed by atoms with Gasteiger partial charge in [0.15, 0.2) is 5.96 Å². The molecular formula is C20H19F3N4O3. The summed E-state index contributed by atoms with van der Waals surface area (Å²) in [6.07, 6.45) is -2.80. The molecule has 10 heteroatoms. The van der Waals surface area contributed by atoms with E-state index in [2.05, 4.69) is 15.0 Å². The third kappa shape index (κ3) is 6.36. The molecule has 0 aliphatic rings. The van der Waals surface area contributed by atoms with Gasteiger partial charge in [0.25, 0.3) is 5.91 Å². The molecule has 2 aromatic carbocycles. The van der Waals surface area contributed by atoms with Crippen LogP contribution in [0.1, 0.15) is 28.4 Å². The van der Waals surface area contributed by atoms with E-state index in [-0.39, 0.29) is 29.4 Å². The number of hydrogen-bond acceptors (Lipinski definition) is 4. The number of amides is 1. The second-order valence-electron chi connectivity index (χ2n) is 5.93. The van der Waals surface area contributed by atoms with Crippen LogP contribution in [0.2, 0.25) is 0 Å². The molecule has 158 valence electrons. The van der Waals surface area contributed by atoms with Crippen LogP contribution in [0.25, 0.3) is 6.08 Å². The molecule has 0 saturated heterocycles. The monoisotopic (exact) mass is 420 g/mol. The number of guanidine groups is 1. The Balaban J connectivity index is 2.29. The molecule has 0 aliphatic carbocycles. The van der Waals surface area contributed by atoms with Crippen LogP contribution in [0.5, 0.6) is 0 Å². The quantitative estimate of drug-likeness (QED) is 0.286. The topological polar surface area (TPSA) is 120 Å². The minimum Gasteiger partial charge on any atom is -0.463 e. The number of rotatable bonds is 6. The van der Waals surface area contributed by atoms with Gasteiger partial charge in [-0.3, -0.25) is 4.79 Å². The fourth-order valence-electron chi connectivity index (χ4n) is 2.44. The number of nitrogens with two attached hydrogens (primary N) is 2. The van der Waals surface area contributed by atoms with Gasteiger partial charge in [0.1, 0.15) is 0 Å². The second-order valence-corrected chi connectivity index (χ2v) is 5.93. The molecule has 2 rings (SSSR count). The van der Waals surface area contributed by atoms with E-state index in [0.29, 0.717) is 5.69 Å². The van der Waals surface area contributed by atoms with Gasteiger partial charge in [-0.15, -0.1) is 0 Å². The van der Waals surface area contributed by atoms with Crippen molar-refractivity contribution < 1.29 is 27.5 Å². The van der Waals surface area contributed by atoms with Gasteiger partial charge in [-0.1, -0.05) is 12.1 Å². The van der Waals surface area contributed by atoms with Crippen molar-refractivity contribution in [1.29, 1.82) is 0 Å². The average Bonchev–Trinajstić information content (AvgIpc) is 2.66. The van der Waals surface area contributed by atoms with Gasteiger partial charge in [-0.2, -0.15) is 13.2 Å². The minimum absolute atomic E-state index is 0.0761. The Kier molecular flexibility index (Phi) is 7.18. The average molecular weight is 420 g/mol. The summed E-state index contributed by atoms with van der Waals surface area (Å²) in [7, 11) is 0. The first-order valence-corrected chi connectivity index (χ1v) is 8.67. The molecule has 0 unspecified atom stereocenters. The number of nitrogens with one attached hydrogen (secondary N) is 1. The Morgan fingerprint density at radius 2 is 1.90 bits per heavy atom. The van der Waals surface area contributed by atoms with Gasteiger partial charge in [-0.25, -0.2) is 9.79 Å². The highest BCUT2D eigenvalue weighted by Crippen LogP contribution is 2.34. The second kappa shape index (κ2) is 9.59. The first-order valence-electron chi connectivity index (χ1n) is 8.67. The maximum atomic E-state index is 13.4. The van der Waals surface area contributed by atoms with E-state index in [1.807, 2.05) is 0 Å². The highest BCUT2D eigenvalue weighted by Gasteiger charge is 2.33. The summed E-state index contributed by atoms with van der Waals surface area (Å²) < 4.78 is 45.0. The molecule has 0 spiro atoms. The molecule has 0 bridgehead atoms. The van der Waals surface area contributed by atoms with Crippen molar-refractivity contribution in [2.75, 3.05) is 11.9 Å². The molecule has 0 atom stereocenters. The summed E-state index contributed by atoms with van der Waals surface area (Å²) in [5.74, 6) is -1.61.